The fourth-order valence-corrected chi connectivity index (χ4v) is 3.91. The molecule has 0 atom stereocenters. The van der Waals surface area contributed by atoms with Crippen LogP contribution in [0.1, 0.15) is 25.0 Å². The van der Waals surface area contributed by atoms with Crippen LogP contribution < -0.4 is 0 Å². The van der Waals surface area contributed by atoms with Gasteiger partial charge in [-0.3, -0.25) is 15.0 Å². The van der Waals surface area contributed by atoms with Crippen LogP contribution in [0.4, 0.5) is 0 Å². The van der Waals surface area contributed by atoms with E-state index in [4.69, 9.17) is 0 Å². The number of fused-ring (bicyclic) bond motifs is 7. The highest BCUT2D eigenvalue weighted by Gasteiger charge is 2.38. The van der Waals surface area contributed by atoms with Crippen molar-refractivity contribution in [3.63, 3.8) is 0 Å². The molecule has 110 valence electrons. The Hall–Kier alpha value is -2.81. The zero-order chi connectivity index (χ0) is 15.6. The lowest BCUT2D eigenvalue weighted by atomic mass is 9.80. The van der Waals surface area contributed by atoms with E-state index < -0.39 is 0 Å². The molecular formula is C20H15N3. The summed E-state index contributed by atoms with van der Waals surface area (Å²) in [4.78, 5) is 14.0. The van der Waals surface area contributed by atoms with Crippen molar-refractivity contribution < 1.29 is 0 Å². The topological polar surface area (TPSA) is 38.7 Å². The molecule has 1 aromatic carbocycles. The predicted octanol–water partition coefficient (Wildman–Crippen LogP) is 4.48. The Balaban J connectivity index is 2.04. The van der Waals surface area contributed by atoms with Crippen LogP contribution in [0.25, 0.3) is 33.1 Å². The van der Waals surface area contributed by atoms with Gasteiger partial charge in [0.15, 0.2) is 0 Å². The van der Waals surface area contributed by atoms with Crippen LogP contribution in [0.2, 0.25) is 0 Å². The highest BCUT2D eigenvalue weighted by atomic mass is 14.7. The van der Waals surface area contributed by atoms with E-state index in [0.717, 1.165) is 27.5 Å². The third-order valence-electron chi connectivity index (χ3n) is 4.96. The second-order valence-corrected chi connectivity index (χ2v) is 6.61. The molecule has 0 N–H and O–H groups in total. The molecule has 3 heteroatoms. The normalized spacial score (nSPS) is 14.9. The van der Waals surface area contributed by atoms with Gasteiger partial charge in [-0.1, -0.05) is 26.0 Å². The summed E-state index contributed by atoms with van der Waals surface area (Å²) in [6, 6.07) is 12.5. The van der Waals surface area contributed by atoms with Gasteiger partial charge in [-0.25, -0.2) is 0 Å². The van der Waals surface area contributed by atoms with Crippen LogP contribution >= 0.6 is 0 Å². The lowest BCUT2D eigenvalue weighted by Crippen LogP contribution is -2.16. The second kappa shape index (κ2) is 4.13. The maximum absolute atomic E-state index is 4.65. The van der Waals surface area contributed by atoms with Gasteiger partial charge < -0.3 is 0 Å². The van der Waals surface area contributed by atoms with E-state index in [-0.39, 0.29) is 5.41 Å². The Morgan fingerprint density at radius 2 is 1.70 bits per heavy atom. The maximum atomic E-state index is 4.65. The number of benzene rings is 1. The second-order valence-electron chi connectivity index (χ2n) is 6.61. The molecule has 0 saturated carbocycles. The molecular weight excluding hydrogens is 282 g/mol. The first-order chi connectivity index (χ1) is 11.2. The minimum Gasteiger partial charge on any atom is -0.256 e. The Kier molecular flexibility index (Phi) is 2.28. The van der Waals surface area contributed by atoms with Gasteiger partial charge in [-0.15, -0.1) is 0 Å². The summed E-state index contributed by atoms with van der Waals surface area (Å²) in [5, 5.41) is 2.23. The molecule has 0 amide bonds. The summed E-state index contributed by atoms with van der Waals surface area (Å²) >= 11 is 0. The number of aromatic nitrogens is 3. The van der Waals surface area contributed by atoms with E-state index >= 15 is 0 Å². The van der Waals surface area contributed by atoms with Crippen LogP contribution in [0.5, 0.6) is 0 Å². The highest BCUT2D eigenvalue weighted by Crippen LogP contribution is 2.50. The molecule has 0 fully saturated rings. The summed E-state index contributed by atoms with van der Waals surface area (Å²) in [6.07, 6.45) is 5.63. The van der Waals surface area contributed by atoms with E-state index in [1.807, 2.05) is 30.7 Å². The lowest BCUT2D eigenvalue weighted by Gasteiger charge is -2.22. The third-order valence-corrected chi connectivity index (χ3v) is 4.96. The van der Waals surface area contributed by atoms with Crippen LogP contribution in [-0.4, -0.2) is 15.0 Å². The third kappa shape index (κ3) is 1.51. The first kappa shape index (κ1) is 12.7. The Labute approximate surface area is 134 Å². The summed E-state index contributed by atoms with van der Waals surface area (Å²) in [6.45, 7) is 4.53. The van der Waals surface area contributed by atoms with Crippen molar-refractivity contribution in [2.75, 3.05) is 0 Å². The molecule has 4 aromatic rings. The number of hydrogen-bond donors (Lipinski definition) is 0. The quantitative estimate of drug-likeness (QED) is 0.449. The van der Waals surface area contributed by atoms with Gasteiger partial charge in [-0.2, -0.15) is 0 Å². The molecule has 0 saturated heterocycles. The smallest absolute Gasteiger partial charge is 0.0814 e. The molecule has 3 heterocycles. The zero-order valence-electron chi connectivity index (χ0n) is 13.0. The molecule has 3 aromatic heterocycles. The molecule has 5 rings (SSSR count). The van der Waals surface area contributed by atoms with Gasteiger partial charge >= 0.3 is 0 Å². The monoisotopic (exact) mass is 297 g/mol. The van der Waals surface area contributed by atoms with Crippen molar-refractivity contribution in [1.82, 2.24) is 15.0 Å². The number of pyridine rings is 3. The Bertz CT molecular complexity index is 1100. The van der Waals surface area contributed by atoms with E-state index in [0.29, 0.717) is 0 Å². The first-order valence-electron chi connectivity index (χ1n) is 7.81. The maximum Gasteiger partial charge on any atom is 0.0814 e. The summed E-state index contributed by atoms with van der Waals surface area (Å²) in [7, 11) is 0. The van der Waals surface area contributed by atoms with Crippen molar-refractivity contribution in [3.05, 3.63) is 66.1 Å². The number of nitrogens with zero attached hydrogens (tertiary/aromatic N) is 3. The van der Waals surface area contributed by atoms with E-state index in [1.54, 1.807) is 0 Å². The lowest BCUT2D eigenvalue weighted by molar-refractivity contribution is 0.665. The fourth-order valence-electron chi connectivity index (χ4n) is 3.91. The highest BCUT2D eigenvalue weighted by molar-refractivity contribution is 6.08. The molecule has 0 bridgehead atoms. The molecule has 23 heavy (non-hydrogen) atoms. The molecule has 0 radical (unpaired) electrons. The van der Waals surface area contributed by atoms with E-state index in [9.17, 15) is 0 Å². The molecule has 3 nitrogen and oxygen atoms in total. The zero-order valence-corrected chi connectivity index (χ0v) is 13.0. The summed E-state index contributed by atoms with van der Waals surface area (Å²) in [5.41, 5.74) is 6.77. The van der Waals surface area contributed by atoms with Crippen LogP contribution in [0.3, 0.4) is 0 Å². The minimum atomic E-state index is -0.105. The van der Waals surface area contributed by atoms with Crippen molar-refractivity contribution in [1.29, 1.82) is 0 Å². The fraction of sp³-hybridized carbons (Fsp3) is 0.150. The molecule has 1 aliphatic rings. The predicted molar refractivity (Wildman–Crippen MR) is 92.4 cm³/mol. The largest absolute Gasteiger partial charge is 0.256 e. The molecule has 0 unspecified atom stereocenters. The first-order valence-corrected chi connectivity index (χ1v) is 7.81. The van der Waals surface area contributed by atoms with Gasteiger partial charge in [0.2, 0.25) is 0 Å². The Morgan fingerprint density at radius 1 is 0.870 bits per heavy atom. The summed E-state index contributed by atoms with van der Waals surface area (Å²) in [5.74, 6) is 0. The molecule has 0 aliphatic heterocycles. The number of rotatable bonds is 0. The van der Waals surface area contributed by atoms with Crippen molar-refractivity contribution in [2.45, 2.75) is 19.3 Å². The van der Waals surface area contributed by atoms with Gasteiger partial charge in [0, 0.05) is 40.3 Å². The van der Waals surface area contributed by atoms with Crippen molar-refractivity contribution >= 4 is 21.8 Å². The van der Waals surface area contributed by atoms with Crippen molar-refractivity contribution in [3.8, 4) is 11.3 Å². The minimum absolute atomic E-state index is 0.105. The standard InChI is InChI=1S/C20H15N3/c1-20(2)14-6-4-10-22-19(14)13-7-8-15-16(17(13)20)18-12(11-23-15)5-3-9-21-18/h3-11H,1-2H3. The van der Waals surface area contributed by atoms with Crippen molar-refractivity contribution in [2.24, 2.45) is 0 Å². The van der Waals surface area contributed by atoms with Crippen LogP contribution in [0.15, 0.2) is 55.0 Å². The van der Waals surface area contributed by atoms with E-state index in [2.05, 4.69) is 53.1 Å². The van der Waals surface area contributed by atoms with E-state index in [1.165, 1.54) is 16.7 Å². The van der Waals surface area contributed by atoms with Gasteiger partial charge in [0.1, 0.15) is 0 Å². The average molecular weight is 297 g/mol. The van der Waals surface area contributed by atoms with Crippen LogP contribution in [-0.2, 0) is 5.41 Å². The SMILES string of the molecule is CC1(C)c2cccnc2-c2ccc3ncc4cccnc4c3c21. The number of hydrogen-bond acceptors (Lipinski definition) is 3. The average Bonchev–Trinajstić information content (AvgIpc) is 2.83. The van der Waals surface area contributed by atoms with Gasteiger partial charge in [-0.05, 0) is 35.4 Å². The summed E-state index contributed by atoms with van der Waals surface area (Å²) < 4.78 is 0. The van der Waals surface area contributed by atoms with Gasteiger partial charge in [0.25, 0.3) is 0 Å². The van der Waals surface area contributed by atoms with Gasteiger partial charge in [0.05, 0.1) is 16.7 Å². The Morgan fingerprint density at radius 3 is 2.61 bits per heavy atom. The van der Waals surface area contributed by atoms with Crippen LogP contribution in [0, 0.1) is 0 Å². The molecule has 1 aliphatic carbocycles. The molecule has 0 spiro atoms.